The number of aryl methyl sites for hydroxylation is 1. The minimum atomic E-state index is -1.05. The van der Waals surface area contributed by atoms with Crippen LogP contribution in [-0.2, 0) is 16.9 Å². The molecule has 258 valence electrons. The van der Waals surface area contributed by atoms with E-state index in [2.05, 4.69) is 30.2 Å². The molecule has 3 aromatic heterocycles. The molecule has 2 aliphatic heterocycles. The monoisotopic (exact) mass is 684 g/mol. The molecule has 50 heavy (non-hydrogen) atoms. The molecule has 7 rings (SSSR count). The number of carbonyl (C=O) groups excluding carboxylic acids is 1. The summed E-state index contributed by atoms with van der Waals surface area (Å²) in [5.74, 6) is -0.382. The van der Waals surface area contributed by atoms with Crippen molar-refractivity contribution in [2.45, 2.75) is 25.5 Å². The zero-order chi connectivity index (χ0) is 34.7. The molecule has 0 bridgehead atoms. The van der Waals surface area contributed by atoms with Crippen molar-refractivity contribution in [1.82, 2.24) is 24.7 Å². The normalized spacial score (nSPS) is 19.1. The highest BCUT2D eigenvalue weighted by molar-refractivity contribution is 6.03. The van der Waals surface area contributed by atoms with Crippen LogP contribution in [0.2, 0.25) is 0 Å². The number of ether oxygens (including phenoxy) is 2. The van der Waals surface area contributed by atoms with Crippen molar-refractivity contribution in [3.05, 3.63) is 120 Å². The molecular formula is C36H35F3N8O3. The fourth-order valence-electron chi connectivity index (χ4n) is 6.52. The van der Waals surface area contributed by atoms with Gasteiger partial charge in [0, 0.05) is 72.8 Å². The van der Waals surface area contributed by atoms with Crippen molar-refractivity contribution < 1.29 is 27.4 Å². The lowest BCUT2D eigenvalue weighted by Crippen LogP contribution is -2.46. The van der Waals surface area contributed by atoms with Crippen molar-refractivity contribution in [2.24, 2.45) is 5.92 Å². The van der Waals surface area contributed by atoms with Crippen LogP contribution in [0.3, 0.4) is 0 Å². The van der Waals surface area contributed by atoms with Gasteiger partial charge in [-0.15, -0.1) is 0 Å². The summed E-state index contributed by atoms with van der Waals surface area (Å²) in [6.45, 7) is 5.81. The van der Waals surface area contributed by atoms with Gasteiger partial charge in [0.1, 0.15) is 53.1 Å². The molecule has 2 atom stereocenters. The summed E-state index contributed by atoms with van der Waals surface area (Å²) >= 11 is 0. The lowest BCUT2D eigenvalue weighted by atomic mass is 9.87. The molecule has 0 saturated carbocycles. The highest BCUT2D eigenvalue weighted by atomic mass is 19.1. The Bertz CT molecular complexity index is 1940. The number of rotatable bonds is 10. The molecule has 0 spiro atoms. The minimum Gasteiger partial charge on any atom is -0.493 e. The van der Waals surface area contributed by atoms with E-state index in [0.717, 1.165) is 55.6 Å². The molecule has 0 radical (unpaired) electrons. The van der Waals surface area contributed by atoms with Gasteiger partial charge < -0.3 is 24.6 Å². The third-order valence-corrected chi connectivity index (χ3v) is 8.99. The second-order valence-corrected chi connectivity index (χ2v) is 12.5. The van der Waals surface area contributed by atoms with Crippen molar-refractivity contribution in [2.75, 3.05) is 54.5 Å². The lowest BCUT2D eigenvalue weighted by Gasteiger charge is -2.37. The third-order valence-electron chi connectivity index (χ3n) is 8.99. The Morgan fingerprint density at radius 3 is 2.48 bits per heavy atom. The molecule has 1 amide bonds. The topological polar surface area (TPSA) is 111 Å². The summed E-state index contributed by atoms with van der Waals surface area (Å²) < 4.78 is 56.0. The number of carbonyl (C=O) groups is 1. The van der Waals surface area contributed by atoms with Crippen LogP contribution in [0, 0.1) is 30.3 Å². The van der Waals surface area contributed by atoms with Crippen molar-refractivity contribution in [3.63, 3.8) is 0 Å². The Kier molecular flexibility index (Phi) is 9.35. The maximum Gasteiger partial charge on any atom is 0.256 e. The fourth-order valence-corrected chi connectivity index (χ4v) is 6.52. The maximum atomic E-state index is 15.0. The standard InChI is InChI=1S/C36H35F3N8O3/c1-24-14-30(49-19-25-17-36(50-20-25,21-47-23-40-22-42-47)31-8-4-27(37)15-32(31)39)16-34(43-24)46-12-10-45(11-13-46)29-6-2-26(3-7-29)35(48)44-33-9-5-28(38)18-41-33/h2-9,14-16,18,22-23,25H,10-13,17,19-21H2,1H3,(H,41,44,48)/t25-,36+/m1/s1. The van der Waals surface area contributed by atoms with Crippen molar-refractivity contribution in [1.29, 1.82) is 0 Å². The summed E-state index contributed by atoms with van der Waals surface area (Å²) in [5.41, 5.74) is 1.52. The number of nitrogens with one attached hydrogen (secondary N) is 1. The molecule has 5 heterocycles. The number of hydrogen-bond acceptors (Lipinski definition) is 9. The molecule has 0 aliphatic carbocycles. The fraction of sp³-hybridized carbons (Fsp3) is 0.306. The molecule has 1 N–H and O–H groups in total. The average molecular weight is 685 g/mol. The second-order valence-electron chi connectivity index (χ2n) is 12.5. The van der Waals surface area contributed by atoms with E-state index in [1.54, 1.807) is 23.1 Å². The lowest BCUT2D eigenvalue weighted by molar-refractivity contribution is -0.0206. The van der Waals surface area contributed by atoms with E-state index in [-0.39, 0.29) is 29.8 Å². The molecule has 5 aromatic rings. The largest absolute Gasteiger partial charge is 0.493 e. The van der Waals surface area contributed by atoms with Gasteiger partial charge >= 0.3 is 0 Å². The number of pyridine rings is 2. The molecule has 2 aliphatic rings. The van der Waals surface area contributed by atoms with Gasteiger partial charge in [-0.25, -0.2) is 32.8 Å². The van der Waals surface area contributed by atoms with Gasteiger partial charge in [0.25, 0.3) is 5.91 Å². The van der Waals surface area contributed by atoms with E-state index >= 15 is 4.39 Å². The van der Waals surface area contributed by atoms with Crippen LogP contribution in [-0.4, -0.2) is 70.0 Å². The third kappa shape index (κ3) is 7.39. The van der Waals surface area contributed by atoms with E-state index < -0.39 is 23.1 Å². The van der Waals surface area contributed by atoms with E-state index in [0.29, 0.717) is 30.9 Å². The van der Waals surface area contributed by atoms with Crippen molar-refractivity contribution >= 4 is 23.2 Å². The van der Waals surface area contributed by atoms with Gasteiger partial charge in [0.05, 0.1) is 26.0 Å². The quantitative estimate of drug-likeness (QED) is 0.207. The van der Waals surface area contributed by atoms with Crippen LogP contribution < -0.4 is 19.9 Å². The molecule has 2 aromatic carbocycles. The van der Waals surface area contributed by atoms with Gasteiger partial charge in [0.2, 0.25) is 0 Å². The highest BCUT2D eigenvalue weighted by Gasteiger charge is 2.44. The Balaban J connectivity index is 0.953. The zero-order valence-corrected chi connectivity index (χ0v) is 27.3. The van der Waals surface area contributed by atoms with Gasteiger partial charge in [-0.05, 0) is 55.8 Å². The van der Waals surface area contributed by atoms with E-state index in [9.17, 15) is 13.6 Å². The van der Waals surface area contributed by atoms with Crippen LogP contribution in [0.15, 0.2) is 85.6 Å². The SMILES string of the molecule is Cc1cc(OC[C@@H]2CO[C@@](Cn3cncn3)(c3ccc(F)cc3F)C2)cc(N2CCN(c3ccc(C(=O)Nc4ccc(F)cn4)cc3)CC2)n1. The number of hydrogen-bond donors (Lipinski definition) is 1. The summed E-state index contributed by atoms with van der Waals surface area (Å²) in [7, 11) is 0. The van der Waals surface area contributed by atoms with Crippen LogP contribution >= 0.6 is 0 Å². The number of halogens is 3. The number of anilines is 3. The highest BCUT2D eigenvalue weighted by Crippen LogP contribution is 2.42. The van der Waals surface area contributed by atoms with Crippen LogP contribution in [0.5, 0.6) is 5.75 Å². The van der Waals surface area contributed by atoms with Gasteiger partial charge in [0.15, 0.2) is 0 Å². The first kappa shape index (κ1) is 33.0. The van der Waals surface area contributed by atoms with Gasteiger partial charge in [-0.3, -0.25) is 4.79 Å². The summed E-state index contributed by atoms with van der Waals surface area (Å²) in [5, 5.41) is 6.86. The van der Waals surface area contributed by atoms with E-state index in [1.807, 2.05) is 31.2 Å². The number of piperazine rings is 1. The van der Waals surface area contributed by atoms with Crippen molar-refractivity contribution in [3.8, 4) is 5.75 Å². The molecule has 2 saturated heterocycles. The molecular weight excluding hydrogens is 649 g/mol. The van der Waals surface area contributed by atoms with E-state index in [1.165, 1.54) is 30.6 Å². The summed E-state index contributed by atoms with van der Waals surface area (Å²) in [6.07, 6.45) is 4.46. The van der Waals surface area contributed by atoms with Crippen LogP contribution in [0.25, 0.3) is 0 Å². The van der Waals surface area contributed by atoms with E-state index in [4.69, 9.17) is 14.5 Å². The van der Waals surface area contributed by atoms with Gasteiger partial charge in [-0.1, -0.05) is 6.07 Å². The number of amides is 1. The van der Waals surface area contributed by atoms with Crippen LogP contribution in [0.4, 0.5) is 30.5 Å². The number of aromatic nitrogens is 5. The zero-order valence-electron chi connectivity index (χ0n) is 27.3. The predicted octanol–water partition coefficient (Wildman–Crippen LogP) is 5.38. The predicted molar refractivity (Wildman–Crippen MR) is 180 cm³/mol. The van der Waals surface area contributed by atoms with Crippen LogP contribution in [0.1, 0.15) is 28.0 Å². The first-order chi connectivity index (χ1) is 24.2. The average Bonchev–Trinajstić information content (AvgIpc) is 3.79. The Morgan fingerprint density at radius 1 is 0.980 bits per heavy atom. The maximum absolute atomic E-state index is 15.0. The number of nitrogens with zero attached hydrogens (tertiary/aromatic N) is 7. The second kappa shape index (κ2) is 14.2. The Labute approximate surface area is 286 Å². The summed E-state index contributed by atoms with van der Waals surface area (Å²) in [4.78, 5) is 29.7. The Morgan fingerprint density at radius 2 is 1.76 bits per heavy atom. The summed E-state index contributed by atoms with van der Waals surface area (Å²) in [6, 6.07) is 17.4. The molecule has 14 heteroatoms. The number of benzene rings is 2. The first-order valence-electron chi connectivity index (χ1n) is 16.3. The minimum absolute atomic E-state index is 0.0551. The first-order valence-corrected chi connectivity index (χ1v) is 16.3. The Hall–Kier alpha value is -5.50. The molecule has 11 nitrogen and oxygen atoms in total. The molecule has 2 fully saturated rings. The van der Waals surface area contributed by atoms with Gasteiger partial charge in [-0.2, -0.15) is 5.10 Å². The smallest absolute Gasteiger partial charge is 0.256 e. The molecule has 0 unspecified atom stereocenters.